The molecule has 190 valence electrons. The summed E-state index contributed by atoms with van der Waals surface area (Å²) in [6, 6.07) is 5.91. The Morgan fingerprint density at radius 2 is 1.63 bits per heavy atom. The number of alkyl halides is 5. The molecule has 0 spiro atoms. The van der Waals surface area contributed by atoms with Crippen LogP contribution in [0.1, 0.15) is 56.1 Å². The second-order valence-electron chi connectivity index (χ2n) is 11.2. The molecule has 1 saturated heterocycles. The van der Waals surface area contributed by atoms with Crippen molar-refractivity contribution < 1.29 is 26.7 Å². The van der Waals surface area contributed by atoms with Crippen LogP contribution in [0.5, 0.6) is 0 Å². The Morgan fingerprint density at radius 1 is 1.03 bits per heavy atom. The zero-order chi connectivity index (χ0) is 25.1. The average molecular weight is 497 g/mol. The molecule has 4 bridgehead atoms. The summed E-state index contributed by atoms with van der Waals surface area (Å²) < 4.78 is 66.1. The van der Waals surface area contributed by atoms with Gasteiger partial charge in [0, 0.05) is 24.0 Å². The van der Waals surface area contributed by atoms with Crippen LogP contribution in [0.25, 0.3) is 0 Å². The molecule has 4 saturated carbocycles. The molecule has 2 N–H and O–H groups in total. The van der Waals surface area contributed by atoms with Crippen molar-refractivity contribution in [1.29, 1.82) is 5.26 Å². The van der Waals surface area contributed by atoms with Gasteiger partial charge in [0.05, 0.1) is 24.7 Å². The minimum atomic E-state index is -4.36. The topological polar surface area (TPSA) is 68.2 Å². The summed E-state index contributed by atoms with van der Waals surface area (Å²) >= 11 is 0. The molecular weight excluding hydrogens is 467 g/mol. The number of rotatable bonds is 6. The summed E-state index contributed by atoms with van der Waals surface area (Å²) in [5, 5.41) is 16.2. The van der Waals surface area contributed by atoms with Gasteiger partial charge in [-0.05, 0) is 68.1 Å². The molecule has 3 atom stereocenters. The molecule has 2 unspecified atom stereocenters. The molecule has 5 aliphatic rings. The van der Waals surface area contributed by atoms with E-state index in [1.807, 2.05) is 6.07 Å². The second-order valence-corrected chi connectivity index (χ2v) is 11.2. The highest BCUT2D eigenvalue weighted by Gasteiger charge is 2.57. The molecule has 1 amide bonds. The van der Waals surface area contributed by atoms with Gasteiger partial charge >= 0.3 is 6.18 Å². The van der Waals surface area contributed by atoms with E-state index in [-0.39, 0.29) is 17.6 Å². The minimum absolute atomic E-state index is 0.0807. The van der Waals surface area contributed by atoms with Gasteiger partial charge in [-0.1, -0.05) is 12.1 Å². The SMILES string of the molecule is N#C[C@@H]1CC(F)(F)CN1C(=O)CNC12CC3CC(C1)CC(NCc1ccc(C(F)(F)F)cc1)(C3)C2. The van der Waals surface area contributed by atoms with E-state index in [1.54, 1.807) is 0 Å². The second kappa shape index (κ2) is 8.41. The molecule has 6 rings (SSSR count). The first kappa shape index (κ1) is 24.4. The number of nitrogens with zero attached hydrogens (tertiary/aromatic N) is 2. The molecule has 1 heterocycles. The molecule has 1 aliphatic heterocycles. The molecule has 0 aromatic heterocycles. The van der Waals surface area contributed by atoms with E-state index in [0.29, 0.717) is 18.4 Å². The predicted octanol–water partition coefficient (Wildman–Crippen LogP) is 4.24. The Labute approximate surface area is 201 Å². The summed E-state index contributed by atoms with van der Waals surface area (Å²) in [5.41, 5.74) is -0.336. The molecule has 0 radical (unpaired) electrons. The number of hydrogen-bond acceptors (Lipinski definition) is 4. The van der Waals surface area contributed by atoms with E-state index in [4.69, 9.17) is 0 Å². The first-order chi connectivity index (χ1) is 16.4. The van der Waals surface area contributed by atoms with Gasteiger partial charge in [0.25, 0.3) is 5.92 Å². The smallest absolute Gasteiger partial charge is 0.319 e. The van der Waals surface area contributed by atoms with Crippen LogP contribution < -0.4 is 10.6 Å². The third kappa shape index (κ3) is 4.90. The number of nitriles is 1. The summed E-state index contributed by atoms with van der Waals surface area (Å²) in [6.45, 7) is -0.343. The zero-order valence-electron chi connectivity index (χ0n) is 19.3. The molecule has 1 aromatic carbocycles. The summed E-state index contributed by atoms with van der Waals surface area (Å²) in [4.78, 5) is 13.8. The predicted molar refractivity (Wildman–Crippen MR) is 117 cm³/mol. The summed E-state index contributed by atoms with van der Waals surface area (Å²) in [7, 11) is 0. The Hall–Kier alpha value is -2.25. The van der Waals surface area contributed by atoms with Gasteiger partial charge in [-0.25, -0.2) is 8.78 Å². The van der Waals surface area contributed by atoms with E-state index < -0.39 is 42.6 Å². The molecule has 1 aromatic rings. The number of nitrogens with one attached hydrogen (secondary N) is 2. The van der Waals surface area contributed by atoms with Crippen molar-refractivity contribution in [1.82, 2.24) is 15.5 Å². The van der Waals surface area contributed by atoms with Gasteiger partial charge in [0.15, 0.2) is 0 Å². The largest absolute Gasteiger partial charge is 0.416 e. The van der Waals surface area contributed by atoms with Crippen LogP contribution in [0.4, 0.5) is 22.0 Å². The van der Waals surface area contributed by atoms with Crippen LogP contribution in [-0.4, -0.2) is 46.9 Å². The van der Waals surface area contributed by atoms with Crippen molar-refractivity contribution in [2.24, 2.45) is 11.8 Å². The number of halogens is 5. The van der Waals surface area contributed by atoms with E-state index in [1.165, 1.54) is 12.1 Å². The lowest BCUT2D eigenvalue weighted by Gasteiger charge is -2.62. The molecule has 5 nitrogen and oxygen atoms in total. The van der Waals surface area contributed by atoms with Crippen LogP contribution in [0.2, 0.25) is 0 Å². The van der Waals surface area contributed by atoms with Crippen LogP contribution in [-0.2, 0) is 17.5 Å². The van der Waals surface area contributed by atoms with Crippen molar-refractivity contribution in [3.05, 3.63) is 35.4 Å². The fourth-order valence-electron chi connectivity index (χ4n) is 7.34. The lowest BCUT2D eigenvalue weighted by Crippen LogP contribution is -2.69. The normalized spacial score (nSPS) is 35.3. The Kier molecular flexibility index (Phi) is 5.87. The van der Waals surface area contributed by atoms with E-state index in [2.05, 4.69) is 10.6 Å². The van der Waals surface area contributed by atoms with Crippen molar-refractivity contribution in [3.8, 4) is 6.07 Å². The Bertz CT molecular complexity index is 1000. The highest BCUT2D eigenvalue weighted by Crippen LogP contribution is 2.57. The maximum Gasteiger partial charge on any atom is 0.416 e. The summed E-state index contributed by atoms with van der Waals surface area (Å²) in [5.74, 6) is -2.57. The number of hydrogen-bond donors (Lipinski definition) is 2. The van der Waals surface area contributed by atoms with Crippen molar-refractivity contribution in [2.45, 2.75) is 80.7 Å². The van der Waals surface area contributed by atoms with Gasteiger partial charge in [-0.2, -0.15) is 18.4 Å². The number of carbonyl (C=O) groups excluding carboxylic acids is 1. The van der Waals surface area contributed by atoms with Gasteiger partial charge in [0.2, 0.25) is 5.91 Å². The highest BCUT2D eigenvalue weighted by molar-refractivity contribution is 5.79. The molecular formula is C25H29F5N4O. The van der Waals surface area contributed by atoms with Crippen LogP contribution >= 0.6 is 0 Å². The number of likely N-dealkylation sites (tertiary alicyclic amines) is 1. The number of benzene rings is 1. The Morgan fingerprint density at radius 3 is 2.20 bits per heavy atom. The fraction of sp³-hybridized carbons (Fsp3) is 0.680. The minimum Gasteiger partial charge on any atom is -0.319 e. The molecule has 4 aliphatic carbocycles. The lowest BCUT2D eigenvalue weighted by atomic mass is 9.50. The summed E-state index contributed by atoms with van der Waals surface area (Å²) in [6.07, 6.45) is 0.708. The van der Waals surface area contributed by atoms with Gasteiger partial charge in [-0.3, -0.25) is 4.79 Å². The molecule has 5 fully saturated rings. The standard InChI is InChI=1S/C25H29F5N4O/c26-24(27)10-20(11-31)34(15-24)21(35)13-33-23-8-17-5-18(9-23)7-22(6-17,14-23)32-12-16-1-3-19(4-2-16)25(28,29)30/h1-4,17-18,20,32-33H,5-10,12-15H2/t17?,18?,20-,22?,23?/m0/s1. The van der Waals surface area contributed by atoms with Gasteiger partial charge < -0.3 is 15.5 Å². The fourth-order valence-corrected chi connectivity index (χ4v) is 7.34. The van der Waals surface area contributed by atoms with Crippen molar-refractivity contribution in [2.75, 3.05) is 13.1 Å². The van der Waals surface area contributed by atoms with Crippen molar-refractivity contribution >= 4 is 5.91 Å². The van der Waals surface area contributed by atoms with E-state index in [9.17, 15) is 32.0 Å². The monoisotopic (exact) mass is 496 g/mol. The number of amides is 1. The first-order valence-corrected chi connectivity index (χ1v) is 12.1. The molecule has 10 heteroatoms. The van der Waals surface area contributed by atoms with Crippen molar-refractivity contribution in [3.63, 3.8) is 0 Å². The van der Waals surface area contributed by atoms with Crippen LogP contribution in [0.15, 0.2) is 24.3 Å². The zero-order valence-corrected chi connectivity index (χ0v) is 19.3. The van der Waals surface area contributed by atoms with Crippen LogP contribution in [0.3, 0.4) is 0 Å². The average Bonchev–Trinajstić information content (AvgIpc) is 3.10. The van der Waals surface area contributed by atoms with E-state index in [0.717, 1.165) is 61.1 Å². The van der Waals surface area contributed by atoms with Crippen LogP contribution in [0, 0.1) is 23.2 Å². The lowest BCUT2D eigenvalue weighted by molar-refractivity contribution is -0.137. The third-order valence-corrected chi connectivity index (χ3v) is 8.36. The first-order valence-electron chi connectivity index (χ1n) is 12.1. The van der Waals surface area contributed by atoms with Gasteiger partial charge in [-0.15, -0.1) is 0 Å². The quantitative estimate of drug-likeness (QED) is 0.579. The Balaban J connectivity index is 1.24. The van der Waals surface area contributed by atoms with E-state index >= 15 is 0 Å². The highest BCUT2D eigenvalue weighted by atomic mass is 19.4. The number of carbonyl (C=O) groups is 1. The third-order valence-electron chi connectivity index (χ3n) is 8.36. The maximum absolute atomic E-state index is 13.8. The maximum atomic E-state index is 13.8. The molecule has 35 heavy (non-hydrogen) atoms. The van der Waals surface area contributed by atoms with Gasteiger partial charge in [0.1, 0.15) is 6.04 Å².